The summed E-state index contributed by atoms with van der Waals surface area (Å²) < 4.78 is 7.77. The van der Waals surface area contributed by atoms with E-state index in [1.54, 1.807) is 0 Å². The molecule has 0 fully saturated rings. The third kappa shape index (κ3) is 3.10. The summed E-state index contributed by atoms with van der Waals surface area (Å²) in [6.45, 7) is 6.63. The Morgan fingerprint density at radius 1 is 0.833 bits per heavy atom. The first-order valence-electron chi connectivity index (χ1n) is 6.19. The Labute approximate surface area is 109 Å². The Kier molecular flexibility index (Phi) is 3.37. The predicted molar refractivity (Wildman–Crippen MR) is 72.8 cm³/mol. The highest BCUT2D eigenvalue weighted by molar-refractivity contribution is 5.34. The molecule has 2 aromatic rings. The van der Waals surface area contributed by atoms with Crippen LogP contribution in [0.5, 0.6) is 11.5 Å². The molecule has 0 aliphatic heterocycles. The molecule has 1 aromatic carbocycles. The zero-order valence-corrected chi connectivity index (χ0v) is 11.5. The molecule has 0 spiro atoms. The minimum atomic E-state index is 0.180. The maximum Gasteiger partial charge on any atom is 0.172 e. The topological polar surface area (TPSA) is 13.1 Å². The van der Waals surface area contributed by atoms with Crippen molar-refractivity contribution in [2.45, 2.75) is 26.2 Å². The molecule has 0 amide bonds. The molecule has 94 valence electrons. The first kappa shape index (κ1) is 12.6. The van der Waals surface area contributed by atoms with Gasteiger partial charge in [-0.3, -0.25) is 0 Å². The van der Waals surface area contributed by atoms with Crippen LogP contribution in [-0.4, -0.2) is 0 Å². The summed E-state index contributed by atoms with van der Waals surface area (Å²) in [4.78, 5) is 0. The summed E-state index contributed by atoms with van der Waals surface area (Å²) in [6.07, 6.45) is 3.94. The fourth-order valence-electron chi connectivity index (χ4n) is 1.71. The quantitative estimate of drug-likeness (QED) is 0.733. The molecule has 0 N–H and O–H groups in total. The molecule has 18 heavy (non-hydrogen) atoms. The van der Waals surface area contributed by atoms with Gasteiger partial charge >= 0.3 is 0 Å². The highest BCUT2D eigenvalue weighted by Crippen LogP contribution is 2.26. The standard InChI is InChI=1S/C16H20NO/c1-16(2,3)13-5-7-14(8-6-13)18-15-9-11-17(4)12-10-15/h5-12H,1-4H3/q+1. The number of nitrogens with zero attached hydrogens (tertiary/aromatic N) is 1. The number of aromatic nitrogens is 1. The van der Waals surface area contributed by atoms with Gasteiger partial charge in [0.15, 0.2) is 12.4 Å². The van der Waals surface area contributed by atoms with Crippen LogP contribution < -0.4 is 9.30 Å². The van der Waals surface area contributed by atoms with Crippen molar-refractivity contribution in [1.29, 1.82) is 0 Å². The van der Waals surface area contributed by atoms with Crippen molar-refractivity contribution < 1.29 is 9.30 Å². The Morgan fingerprint density at radius 2 is 1.33 bits per heavy atom. The summed E-state index contributed by atoms with van der Waals surface area (Å²) >= 11 is 0. The molecule has 0 saturated heterocycles. The number of hydrogen-bond acceptors (Lipinski definition) is 1. The van der Waals surface area contributed by atoms with Gasteiger partial charge in [0.1, 0.15) is 18.5 Å². The van der Waals surface area contributed by atoms with E-state index < -0.39 is 0 Å². The van der Waals surface area contributed by atoms with E-state index in [0.717, 1.165) is 11.5 Å². The third-order valence-electron chi connectivity index (χ3n) is 2.90. The van der Waals surface area contributed by atoms with Gasteiger partial charge in [-0.1, -0.05) is 32.9 Å². The van der Waals surface area contributed by atoms with E-state index in [0.29, 0.717) is 0 Å². The van der Waals surface area contributed by atoms with Crippen LogP contribution in [0.25, 0.3) is 0 Å². The monoisotopic (exact) mass is 242 g/mol. The van der Waals surface area contributed by atoms with Crippen LogP contribution in [0.4, 0.5) is 0 Å². The second kappa shape index (κ2) is 4.81. The lowest BCUT2D eigenvalue weighted by atomic mass is 9.87. The van der Waals surface area contributed by atoms with Gasteiger partial charge in [-0.25, -0.2) is 4.57 Å². The van der Waals surface area contributed by atoms with Crippen molar-refractivity contribution in [2.24, 2.45) is 7.05 Å². The Hall–Kier alpha value is -1.83. The van der Waals surface area contributed by atoms with Gasteiger partial charge in [-0.05, 0) is 23.1 Å². The highest BCUT2D eigenvalue weighted by atomic mass is 16.5. The number of benzene rings is 1. The van der Waals surface area contributed by atoms with Gasteiger partial charge in [0, 0.05) is 12.1 Å². The van der Waals surface area contributed by atoms with E-state index in [2.05, 4.69) is 32.9 Å². The molecule has 0 aliphatic rings. The van der Waals surface area contributed by atoms with Gasteiger partial charge in [-0.15, -0.1) is 0 Å². The maximum absolute atomic E-state index is 5.79. The summed E-state index contributed by atoms with van der Waals surface area (Å²) in [5.41, 5.74) is 1.49. The molecule has 2 nitrogen and oxygen atoms in total. The number of pyridine rings is 1. The van der Waals surface area contributed by atoms with Crippen molar-refractivity contribution in [2.75, 3.05) is 0 Å². The lowest BCUT2D eigenvalue weighted by Gasteiger charge is -2.19. The van der Waals surface area contributed by atoms with Crippen LogP contribution in [0.1, 0.15) is 26.3 Å². The smallest absolute Gasteiger partial charge is 0.172 e. The SMILES string of the molecule is C[n+]1ccc(Oc2ccc(C(C)(C)C)cc2)cc1. The van der Waals surface area contributed by atoms with Crippen LogP contribution in [0.15, 0.2) is 48.8 Å². The minimum Gasteiger partial charge on any atom is -0.457 e. The Bertz CT molecular complexity index is 506. The molecule has 0 saturated carbocycles. The minimum absolute atomic E-state index is 0.180. The van der Waals surface area contributed by atoms with Crippen molar-refractivity contribution in [1.82, 2.24) is 0 Å². The Morgan fingerprint density at radius 3 is 1.83 bits per heavy atom. The molecule has 0 radical (unpaired) electrons. The van der Waals surface area contributed by atoms with Crippen molar-refractivity contribution >= 4 is 0 Å². The fourth-order valence-corrected chi connectivity index (χ4v) is 1.71. The summed E-state index contributed by atoms with van der Waals surface area (Å²) in [5.74, 6) is 1.73. The molecule has 0 aliphatic carbocycles. The number of ether oxygens (including phenoxy) is 1. The zero-order valence-electron chi connectivity index (χ0n) is 11.5. The summed E-state index contributed by atoms with van der Waals surface area (Å²) in [6, 6.07) is 12.2. The van der Waals surface area contributed by atoms with Crippen LogP contribution in [0.3, 0.4) is 0 Å². The normalized spacial score (nSPS) is 11.3. The van der Waals surface area contributed by atoms with E-state index in [1.165, 1.54) is 5.56 Å². The van der Waals surface area contributed by atoms with Gasteiger partial charge in [0.25, 0.3) is 0 Å². The molecule has 2 rings (SSSR count). The molecule has 2 heteroatoms. The van der Waals surface area contributed by atoms with Crippen LogP contribution in [0.2, 0.25) is 0 Å². The first-order valence-corrected chi connectivity index (χ1v) is 6.19. The van der Waals surface area contributed by atoms with E-state index in [1.807, 2.05) is 48.3 Å². The molecule has 0 unspecified atom stereocenters. The number of rotatable bonds is 2. The average Bonchev–Trinajstić information content (AvgIpc) is 2.32. The van der Waals surface area contributed by atoms with Crippen LogP contribution in [-0.2, 0) is 12.5 Å². The maximum atomic E-state index is 5.79. The van der Waals surface area contributed by atoms with E-state index >= 15 is 0 Å². The van der Waals surface area contributed by atoms with E-state index in [-0.39, 0.29) is 5.41 Å². The van der Waals surface area contributed by atoms with Crippen molar-refractivity contribution in [3.05, 3.63) is 54.4 Å². The van der Waals surface area contributed by atoms with E-state index in [9.17, 15) is 0 Å². The lowest BCUT2D eigenvalue weighted by molar-refractivity contribution is -0.671. The van der Waals surface area contributed by atoms with Crippen LogP contribution in [0, 0.1) is 0 Å². The van der Waals surface area contributed by atoms with Gasteiger partial charge < -0.3 is 4.74 Å². The number of hydrogen-bond donors (Lipinski definition) is 0. The summed E-state index contributed by atoms with van der Waals surface area (Å²) in [7, 11) is 1.99. The average molecular weight is 242 g/mol. The number of aryl methyl sites for hydroxylation is 1. The molecule has 0 atom stereocenters. The summed E-state index contributed by atoms with van der Waals surface area (Å²) in [5, 5.41) is 0. The molecular formula is C16H20NO+. The second-order valence-corrected chi connectivity index (χ2v) is 5.58. The van der Waals surface area contributed by atoms with Crippen LogP contribution >= 0.6 is 0 Å². The second-order valence-electron chi connectivity index (χ2n) is 5.58. The highest BCUT2D eigenvalue weighted by Gasteiger charge is 2.13. The molecule has 0 bridgehead atoms. The van der Waals surface area contributed by atoms with E-state index in [4.69, 9.17) is 4.74 Å². The predicted octanol–water partition coefficient (Wildman–Crippen LogP) is 3.60. The molecule has 1 heterocycles. The van der Waals surface area contributed by atoms with Gasteiger partial charge in [-0.2, -0.15) is 0 Å². The largest absolute Gasteiger partial charge is 0.457 e. The van der Waals surface area contributed by atoms with Gasteiger partial charge in [0.05, 0.1) is 0 Å². The third-order valence-corrected chi connectivity index (χ3v) is 2.90. The van der Waals surface area contributed by atoms with Gasteiger partial charge in [0.2, 0.25) is 0 Å². The lowest BCUT2D eigenvalue weighted by Crippen LogP contribution is -2.25. The zero-order chi connectivity index (χ0) is 13.2. The first-order chi connectivity index (χ1) is 8.45. The van der Waals surface area contributed by atoms with Crippen molar-refractivity contribution in [3.8, 4) is 11.5 Å². The Balaban J connectivity index is 2.13. The molecule has 1 aromatic heterocycles. The molecular weight excluding hydrogens is 222 g/mol. The fraction of sp³-hybridized carbons (Fsp3) is 0.312. The van der Waals surface area contributed by atoms with Crippen molar-refractivity contribution in [3.63, 3.8) is 0 Å².